The quantitative estimate of drug-likeness (QED) is 0.583. The van der Waals surface area contributed by atoms with Gasteiger partial charge in [-0.05, 0) is 67.8 Å². The van der Waals surface area contributed by atoms with Crippen molar-refractivity contribution in [3.8, 4) is 5.75 Å². The number of hydrogen-bond donors (Lipinski definition) is 3. The highest BCUT2D eigenvalue weighted by atomic mass is 16.3. The van der Waals surface area contributed by atoms with Crippen LogP contribution in [0.4, 0.5) is 11.4 Å². The number of carbonyl (C=O) groups excluding carboxylic acids is 2. The van der Waals surface area contributed by atoms with Gasteiger partial charge in [-0.2, -0.15) is 0 Å². The van der Waals surface area contributed by atoms with Crippen LogP contribution >= 0.6 is 0 Å². The number of amides is 2. The molecule has 1 spiro atoms. The molecule has 3 N–H and O–H groups in total. The van der Waals surface area contributed by atoms with E-state index in [0.717, 1.165) is 48.9 Å². The van der Waals surface area contributed by atoms with Crippen LogP contribution in [0.3, 0.4) is 0 Å². The van der Waals surface area contributed by atoms with E-state index >= 15 is 0 Å². The molecule has 2 heterocycles. The number of anilines is 2. The molecule has 1 aromatic heterocycles. The molecule has 5 rings (SSSR count). The molecule has 0 bridgehead atoms. The van der Waals surface area contributed by atoms with E-state index in [2.05, 4.69) is 15.6 Å². The molecule has 2 aliphatic rings. The predicted octanol–water partition coefficient (Wildman–Crippen LogP) is 4.66. The molecule has 30 heavy (non-hydrogen) atoms. The van der Waals surface area contributed by atoms with Gasteiger partial charge in [-0.25, -0.2) is 0 Å². The van der Waals surface area contributed by atoms with Crippen molar-refractivity contribution in [1.82, 2.24) is 4.98 Å². The third-order valence-electron chi connectivity index (χ3n) is 6.42. The van der Waals surface area contributed by atoms with Gasteiger partial charge in [-0.3, -0.25) is 14.6 Å². The van der Waals surface area contributed by atoms with Gasteiger partial charge < -0.3 is 15.7 Å². The number of benzene rings is 2. The van der Waals surface area contributed by atoms with Crippen LogP contribution < -0.4 is 10.6 Å². The Kier molecular flexibility index (Phi) is 4.24. The number of pyridine rings is 1. The van der Waals surface area contributed by atoms with E-state index in [1.54, 1.807) is 31.2 Å². The van der Waals surface area contributed by atoms with E-state index < -0.39 is 5.41 Å². The van der Waals surface area contributed by atoms with Crippen LogP contribution in [0.1, 0.15) is 53.7 Å². The van der Waals surface area contributed by atoms with E-state index in [4.69, 9.17) is 0 Å². The molecule has 0 atom stereocenters. The number of phenolic OH excluding ortho intramolecular Hbond substituents is 1. The second kappa shape index (κ2) is 6.83. The van der Waals surface area contributed by atoms with Crippen LogP contribution in [0, 0.1) is 6.92 Å². The Morgan fingerprint density at radius 1 is 1.10 bits per heavy atom. The molecule has 1 aliphatic heterocycles. The Balaban J connectivity index is 1.47. The van der Waals surface area contributed by atoms with Crippen LogP contribution in [0.25, 0.3) is 10.9 Å². The fraction of sp³-hybridized carbons (Fsp3) is 0.292. The first kappa shape index (κ1) is 18.6. The largest absolute Gasteiger partial charge is 0.508 e. The summed E-state index contributed by atoms with van der Waals surface area (Å²) in [5.41, 5.74) is 3.83. The molecule has 1 fully saturated rings. The minimum Gasteiger partial charge on any atom is -0.508 e. The SMILES string of the molecule is Cc1nc2ccc(O)cc2cc1C(=O)Nc1ccc2c(c1)C1(CCCCC1)C(=O)N2. The van der Waals surface area contributed by atoms with E-state index in [0.29, 0.717) is 22.3 Å². The van der Waals surface area contributed by atoms with Crippen molar-refractivity contribution in [3.63, 3.8) is 0 Å². The minimum absolute atomic E-state index is 0.0788. The lowest BCUT2D eigenvalue weighted by Crippen LogP contribution is -2.36. The zero-order chi connectivity index (χ0) is 20.9. The van der Waals surface area contributed by atoms with Crippen molar-refractivity contribution in [2.45, 2.75) is 44.4 Å². The summed E-state index contributed by atoms with van der Waals surface area (Å²) in [5, 5.41) is 16.4. The van der Waals surface area contributed by atoms with E-state index in [1.165, 1.54) is 0 Å². The molecule has 1 saturated carbocycles. The average Bonchev–Trinajstić information content (AvgIpc) is 2.99. The summed E-state index contributed by atoms with van der Waals surface area (Å²) in [6.07, 6.45) is 4.93. The van der Waals surface area contributed by atoms with Gasteiger partial charge >= 0.3 is 0 Å². The Hall–Kier alpha value is -3.41. The first-order chi connectivity index (χ1) is 14.5. The number of aromatic nitrogens is 1. The summed E-state index contributed by atoms with van der Waals surface area (Å²) in [7, 11) is 0. The first-order valence-electron chi connectivity index (χ1n) is 10.3. The van der Waals surface area contributed by atoms with E-state index in [-0.39, 0.29) is 17.6 Å². The predicted molar refractivity (Wildman–Crippen MR) is 116 cm³/mol. The average molecular weight is 401 g/mol. The molecule has 1 aliphatic carbocycles. The second-order valence-corrected chi connectivity index (χ2v) is 8.31. The van der Waals surface area contributed by atoms with Gasteiger partial charge in [0.15, 0.2) is 0 Å². The van der Waals surface area contributed by atoms with Gasteiger partial charge in [0, 0.05) is 16.8 Å². The number of carbonyl (C=O) groups is 2. The Labute approximate surface area is 174 Å². The number of rotatable bonds is 2. The highest BCUT2D eigenvalue weighted by Gasteiger charge is 2.47. The number of nitrogens with zero attached hydrogens (tertiary/aromatic N) is 1. The number of aryl methyl sites for hydroxylation is 1. The van der Waals surface area contributed by atoms with Crippen molar-refractivity contribution < 1.29 is 14.7 Å². The molecule has 2 aromatic carbocycles. The molecule has 6 nitrogen and oxygen atoms in total. The molecule has 152 valence electrons. The third-order valence-corrected chi connectivity index (χ3v) is 6.42. The molecule has 3 aromatic rings. The zero-order valence-electron chi connectivity index (χ0n) is 16.8. The number of hydrogen-bond acceptors (Lipinski definition) is 4. The third kappa shape index (κ3) is 2.91. The van der Waals surface area contributed by atoms with Crippen molar-refractivity contribution in [1.29, 1.82) is 0 Å². The van der Waals surface area contributed by atoms with Crippen LogP contribution in [0.2, 0.25) is 0 Å². The van der Waals surface area contributed by atoms with Gasteiger partial charge in [0.05, 0.1) is 22.2 Å². The normalized spacial score (nSPS) is 17.0. The summed E-state index contributed by atoms with van der Waals surface area (Å²) >= 11 is 0. The van der Waals surface area contributed by atoms with Crippen LogP contribution in [-0.4, -0.2) is 21.9 Å². The van der Waals surface area contributed by atoms with Crippen molar-refractivity contribution in [2.24, 2.45) is 0 Å². The maximum Gasteiger partial charge on any atom is 0.257 e. The Morgan fingerprint density at radius 2 is 1.90 bits per heavy atom. The fourth-order valence-electron chi connectivity index (χ4n) is 4.83. The fourth-order valence-corrected chi connectivity index (χ4v) is 4.83. The molecule has 0 radical (unpaired) electrons. The molecular formula is C24H23N3O3. The van der Waals surface area contributed by atoms with Gasteiger partial charge in [0.1, 0.15) is 5.75 Å². The van der Waals surface area contributed by atoms with E-state index in [1.807, 2.05) is 18.2 Å². The number of phenols is 1. The molecular weight excluding hydrogens is 378 g/mol. The van der Waals surface area contributed by atoms with Gasteiger partial charge in [0.2, 0.25) is 5.91 Å². The molecule has 6 heteroatoms. The van der Waals surface area contributed by atoms with E-state index in [9.17, 15) is 14.7 Å². The number of fused-ring (bicyclic) bond motifs is 3. The van der Waals surface area contributed by atoms with Crippen molar-refractivity contribution in [2.75, 3.05) is 10.6 Å². The lowest BCUT2D eigenvalue weighted by Gasteiger charge is -2.31. The lowest BCUT2D eigenvalue weighted by molar-refractivity contribution is -0.121. The smallest absolute Gasteiger partial charge is 0.257 e. The molecule has 0 unspecified atom stereocenters. The lowest BCUT2D eigenvalue weighted by atomic mass is 9.70. The standard InChI is InChI=1S/C24H23N3O3/c1-14-18(12-15-11-17(28)6-8-20(15)25-14)22(29)26-16-5-7-21-19(13-16)24(23(30)27-21)9-3-2-4-10-24/h5-8,11-13,28H,2-4,9-10H2,1H3,(H,26,29)(H,27,30). The maximum absolute atomic E-state index is 13.0. The monoisotopic (exact) mass is 401 g/mol. The summed E-state index contributed by atoms with van der Waals surface area (Å²) in [6, 6.07) is 12.3. The number of aromatic hydroxyl groups is 1. The Morgan fingerprint density at radius 3 is 2.70 bits per heavy atom. The van der Waals surface area contributed by atoms with Crippen LogP contribution in [0.5, 0.6) is 5.75 Å². The summed E-state index contributed by atoms with van der Waals surface area (Å²) in [4.78, 5) is 30.2. The van der Waals surface area contributed by atoms with Crippen LogP contribution in [0.15, 0.2) is 42.5 Å². The van der Waals surface area contributed by atoms with Crippen LogP contribution in [-0.2, 0) is 10.2 Å². The summed E-state index contributed by atoms with van der Waals surface area (Å²) in [6.45, 7) is 1.80. The molecule has 2 amide bonds. The highest BCUT2D eigenvalue weighted by Crippen LogP contribution is 2.48. The maximum atomic E-state index is 13.0. The second-order valence-electron chi connectivity index (χ2n) is 8.31. The van der Waals surface area contributed by atoms with Crippen molar-refractivity contribution in [3.05, 3.63) is 59.3 Å². The minimum atomic E-state index is -0.466. The summed E-state index contributed by atoms with van der Waals surface area (Å²) in [5.74, 6) is -0.0525. The zero-order valence-corrected chi connectivity index (χ0v) is 16.8. The highest BCUT2D eigenvalue weighted by molar-refractivity contribution is 6.09. The van der Waals surface area contributed by atoms with Gasteiger partial charge in [-0.15, -0.1) is 0 Å². The topological polar surface area (TPSA) is 91.3 Å². The van der Waals surface area contributed by atoms with Gasteiger partial charge in [0.25, 0.3) is 5.91 Å². The number of nitrogens with one attached hydrogen (secondary N) is 2. The Bertz CT molecular complexity index is 1200. The van der Waals surface area contributed by atoms with Crippen molar-refractivity contribution >= 4 is 34.1 Å². The first-order valence-corrected chi connectivity index (χ1v) is 10.3. The summed E-state index contributed by atoms with van der Waals surface area (Å²) < 4.78 is 0. The molecule has 0 saturated heterocycles. The van der Waals surface area contributed by atoms with Gasteiger partial charge in [-0.1, -0.05) is 19.3 Å².